The van der Waals surface area contributed by atoms with Crippen molar-refractivity contribution in [2.75, 3.05) is 26.3 Å². The van der Waals surface area contributed by atoms with Crippen molar-refractivity contribution in [2.45, 2.75) is 50.5 Å². The van der Waals surface area contributed by atoms with Gasteiger partial charge in [-0.15, -0.1) is 0 Å². The Balaban J connectivity index is 1.19. The number of likely N-dealkylation sites (tertiary alicyclic amines) is 1. The Morgan fingerprint density at radius 3 is 2.79 bits per heavy atom. The highest BCUT2D eigenvalue weighted by atomic mass is 16.6. The number of ether oxygens (including phenoxy) is 2. The standard InChI is InChI=1S/C21H26N4O4/c1-21(5-6-21)28-20(26)25-8-3-15(4-9-25)18-23-19(29-24-18)16-2-7-22-17(11-16)10-14-12-27-13-14/h2,7,11,14-15H,3-6,8-10,12-13H2,1H3. The van der Waals surface area contributed by atoms with Crippen LogP contribution in [-0.2, 0) is 15.9 Å². The van der Waals surface area contributed by atoms with Crippen LogP contribution in [0, 0.1) is 5.92 Å². The van der Waals surface area contributed by atoms with Crippen LogP contribution in [0.25, 0.3) is 11.5 Å². The topological polar surface area (TPSA) is 90.6 Å². The molecular weight excluding hydrogens is 372 g/mol. The molecule has 29 heavy (non-hydrogen) atoms. The molecule has 0 spiro atoms. The smallest absolute Gasteiger partial charge is 0.410 e. The number of amides is 1. The van der Waals surface area contributed by atoms with Crippen molar-refractivity contribution in [3.05, 3.63) is 29.8 Å². The molecule has 0 bridgehead atoms. The Kier molecular flexibility index (Phi) is 4.73. The van der Waals surface area contributed by atoms with Gasteiger partial charge in [0, 0.05) is 42.4 Å². The van der Waals surface area contributed by atoms with Crippen molar-refractivity contribution in [3.63, 3.8) is 0 Å². The van der Waals surface area contributed by atoms with Gasteiger partial charge in [0.2, 0.25) is 0 Å². The van der Waals surface area contributed by atoms with Crippen LogP contribution in [0.3, 0.4) is 0 Å². The highest BCUT2D eigenvalue weighted by molar-refractivity contribution is 5.68. The van der Waals surface area contributed by atoms with Crippen LogP contribution in [0.1, 0.15) is 50.0 Å². The van der Waals surface area contributed by atoms with Crippen LogP contribution >= 0.6 is 0 Å². The van der Waals surface area contributed by atoms with E-state index in [1.807, 2.05) is 19.1 Å². The molecule has 2 aliphatic heterocycles. The fourth-order valence-corrected chi connectivity index (χ4v) is 3.81. The number of hydrogen-bond donors (Lipinski definition) is 0. The van der Waals surface area contributed by atoms with Crippen LogP contribution in [0.2, 0.25) is 0 Å². The maximum atomic E-state index is 12.3. The van der Waals surface area contributed by atoms with E-state index < -0.39 is 0 Å². The van der Waals surface area contributed by atoms with E-state index >= 15 is 0 Å². The molecule has 2 saturated heterocycles. The van der Waals surface area contributed by atoms with E-state index in [-0.39, 0.29) is 17.6 Å². The third-order valence-electron chi connectivity index (χ3n) is 6.12. The van der Waals surface area contributed by atoms with E-state index in [2.05, 4.69) is 15.1 Å². The quantitative estimate of drug-likeness (QED) is 0.764. The first-order valence-electron chi connectivity index (χ1n) is 10.4. The minimum Gasteiger partial charge on any atom is -0.443 e. The summed E-state index contributed by atoms with van der Waals surface area (Å²) in [7, 11) is 0. The molecule has 0 atom stereocenters. The first-order valence-corrected chi connectivity index (χ1v) is 10.4. The highest BCUT2D eigenvalue weighted by Crippen LogP contribution is 2.39. The maximum absolute atomic E-state index is 12.3. The van der Waals surface area contributed by atoms with Gasteiger partial charge in [-0.1, -0.05) is 5.16 Å². The molecule has 1 amide bonds. The molecule has 3 aliphatic rings. The minimum atomic E-state index is -0.231. The molecule has 1 aliphatic carbocycles. The first kappa shape index (κ1) is 18.5. The highest BCUT2D eigenvalue weighted by Gasteiger charge is 2.43. The molecule has 2 aromatic heterocycles. The van der Waals surface area contributed by atoms with Crippen molar-refractivity contribution in [2.24, 2.45) is 5.92 Å². The maximum Gasteiger partial charge on any atom is 0.410 e. The van der Waals surface area contributed by atoms with Gasteiger partial charge in [-0.25, -0.2) is 4.79 Å². The number of piperidine rings is 1. The fraction of sp³-hybridized carbons (Fsp3) is 0.619. The summed E-state index contributed by atoms with van der Waals surface area (Å²) >= 11 is 0. The Labute approximate surface area is 169 Å². The van der Waals surface area contributed by atoms with Gasteiger partial charge in [-0.3, -0.25) is 4.98 Å². The van der Waals surface area contributed by atoms with Crippen LogP contribution in [0.4, 0.5) is 4.79 Å². The zero-order valence-electron chi connectivity index (χ0n) is 16.7. The van der Waals surface area contributed by atoms with E-state index in [1.165, 1.54) is 0 Å². The third kappa shape index (κ3) is 4.12. The molecule has 0 radical (unpaired) electrons. The van der Waals surface area contributed by atoms with Crippen LogP contribution in [0.5, 0.6) is 0 Å². The second-order valence-electron chi connectivity index (χ2n) is 8.68. The van der Waals surface area contributed by atoms with E-state index in [9.17, 15) is 4.79 Å². The largest absolute Gasteiger partial charge is 0.443 e. The number of pyridine rings is 1. The lowest BCUT2D eigenvalue weighted by Crippen LogP contribution is -2.40. The van der Waals surface area contributed by atoms with Crippen molar-refractivity contribution >= 4 is 6.09 Å². The summed E-state index contributed by atoms with van der Waals surface area (Å²) in [6, 6.07) is 3.92. The Hall–Kier alpha value is -2.48. The summed E-state index contributed by atoms with van der Waals surface area (Å²) in [4.78, 5) is 23.1. The first-order chi connectivity index (χ1) is 14.1. The summed E-state index contributed by atoms with van der Waals surface area (Å²) in [6.45, 7) is 4.92. The third-order valence-corrected chi connectivity index (χ3v) is 6.12. The average molecular weight is 398 g/mol. The van der Waals surface area contributed by atoms with Crippen molar-refractivity contribution in [3.8, 4) is 11.5 Å². The van der Waals surface area contributed by atoms with Crippen LogP contribution < -0.4 is 0 Å². The molecule has 4 heterocycles. The Morgan fingerprint density at radius 2 is 2.10 bits per heavy atom. The summed E-state index contributed by atoms with van der Waals surface area (Å²) in [5, 5.41) is 4.21. The molecular formula is C21H26N4O4. The van der Waals surface area contributed by atoms with Crippen LogP contribution in [-0.4, -0.2) is 58.0 Å². The van der Waals surface area contributed by atoms with Gasteiger partial charge in [0.15, 0.2) is 5.82 Å². The molecule has 154 valence electrons. The number of aromatic nitrogens is 3. The predicted octanol–water partition coefficient (Wildman–Crippen LogP) is 3.19. The van der Waals surface area contributed by atoms with Crippen LogP contribution in [0.15, 0.2) is 22.9 Å². The lowest BCUT2D eigenvalue weighted by atomic mass is 9.96. The second-order valence-corrected chi connectivity index (χ2v) is 8.68. The molecule has 8 heteroatoms. The number of rotatable bonds is 5. The summed E-state index contributed by atoms with van der Waals surface area (Å²) in [6.07, 6.45) is 6.06. The zero-order chi connectivity index (χ0) is 19.8. The van der Waals surface area contributed by atoms with Crippen molar-refractivity contribution in [1.82, 2.24) is 20.0 Å². The second kappa shape index (κ2) is 7.40. The summed E-state index contributed by atoms with van der Waals surface area (Å²) < 4.78 is 16.3. The van der Waals surface area contributed by atoms with Gasteiger partial charge in [-0.05, 0) is 51.2 Å². The molecule has 1 saturated carbocycles. The minimum absolute atomic E-state index is 0.196. The monoisotopic (exact) mass is 398 g/mol. The van der Waals surface area contributed by atoms with Gasteiger partial charge in [-0.2, -0.15) is 4.98 Å². The zero-order valence-corrected chi connectivity index (χ0v) is 16.7. The molecule has 0 aromatic carbocycles. The van der Waals surface area contributed by atoms with Gasteiger partial charge in [0.05, 0.1) is 13.2 Å². The fourth-order valence-electron chi connectivity index (χ4n) is 3.81. The molecule has 3 fully saturated rings. The van der Waals surface area contributed by atoms with Gasteiger partial charge >= 0.3 is 6.09 Å². The lowest BCUT2D eigenvalue weighted by Gasteiger charge is -2.30. The molecule has 5 rings (SSSR count). The predicted molar refractivity (Wildman–Crippen MR) is 103 cm³/mol. The van der Waals surface area contributed by atoms with E-state index in [1.54, 1.807) is 11.1 Å². The molecule has 8 nitrogen and oxygen atoms in total. The van der Waals surface area contributed by atoms with Gasteiger partial charge in [0.25, 0.3) is 5.89 Å². The van der Waals surface area contributed by atoms with Gasteiger partial charge in [0.1, 0.15) is 5.60 Å². The summed E-state index contributed by atoms with van der Waals surface area (Å²) in [5.41, 5.74) is 1.69. The number of nitrogens with zero attached hydrogens (tertiary/aromatic N) is 4. The lowest BCUT2D eigenvalue weighted by molar-refractivity contribution is -0.0316. The number of carbonyl (C=O) groups excluding carboxylic acids is 1. The number of hydrogen-bond acceptors (Lipinski definition) is 7. The van der Waals surface area contributed by atoms with E-state index in [0.717, 1.165) is 56.6 Å². The molecule has 0 unspecified atom stereocenters. The normalized spacial score (nSPS) is 21.6. The molecule has 0 N–H and O–H groups in total. The van der Waals surface area contributed by atoms with Gasteiger partial charge < -0.3 is 18.9 Å². The Bertz CT molecular complexity index is 882. The van der Waals surface area contributed by atoms with E-state index in [0.29, 0.717) is 30.7 Å². The average Bonchev–Trinajstić information content (AvgIpc) is 3.23. The van der Waals surface area contributed by atoms with Crippen molar-refractivity contribution in [1.29, 1.82) is 0 Å². The number of carbonyl (C=O) groups is 1. The molecule has 2 aromatic rings. The van der Waals surface area contributed by atoms with E-state index in [4.69, 9.17) is 14.0 Å². The Morgan fingerprint density at radius 1 is 1.31 bits per heavy atom. The SMILES string of the molecule is CC1(OC(=O)N2CCC(c3noc(-c4ccnc(CC5COC5)c4)n3)CC2)CC1. The summed E-state index contributed by atoms with van der Waals surface area (Å²) in [5.74, 6) is 1.99. The van der Waals surface area contributed by atoms with Crippen molar-refractivity contribution < 1.29 is 18.8 Å².